The SMILES string of the molecule is COc1cc(C(=O)N/N=C\c2ccc3c(c2)OCO3)cc(OC)c1OC. The number of hydrogen-bond acceptors (Lipinski definition) is 7. The van der Waals surface area contributed by atoms with Gasteiger partial charge in [-0.15, -0.1) is 0 Å². The van der Waals surface area contributed by atoms with Crippen molar-refractivity contribution >= 4 is 12.1 Å². The van der Waals surface area contributed by atoms with Crippen molar-refractivity contribution in [1.29, 1.82) is 0 Å². The Hall–Kier alpha value is -3.42. The van der Waals surface area contributed by atoms with E-state index in [1.165, 1.54) is 27.5 Å². The Balaban J connectivity index is 1.73. The minimum Gasteiger partial charge on any atom is -0.493 e. The number of methoxy groups -OCH3 is 3. The van der Waals surface area contributed by atoms with E-state index in [4.69, 9.17) is 23.7 Å². The van der Waals surface area contributed by atoms with Gasteiger partial charge in [0.05, 0.1) is 27.5 Å². The van der Waals surface area contributed by atoms with Gasteiger partial charge in [-0.3, -0.25) is 4.79 Å². The van der Waals surface area contributed by atoms with E-state index in [0.717, 1.165) is 5.56 Å². The number of amides is 1. The molecule has 0 bridgehead atoms. The van der Waals surface area contributed by atoms with Crippen LogP contribution in [0.2, 0.25) is 0 Å². The molecule has 1 amide bonds. The summed E-state index contributed by atoms with van der Waals surface area (Å²) in [5.41, 5.74) is 3.55. The zero-order valence-corrected chi connectivity index (χ0v) is 14.6. The predicted octanol–water partition coefficient (Wildman–Crippen LogP) is 2.21. The van der Waals surface area contributed by atoms with Crippen molar-refractivity contribution in [2.75, 3.05) is 28.1 Å². The summed E-state index contributed by atoms with van der Waals surface area (Å²) in [5, 5.41) is 3.96. The number of nitrogens with one attached hydrogen (secondary N) is 1. The monoisotopic (exact) mass is 358 g/mol. The molecule has 0 saturated carbocycles. The topological polar surface area (TPSA) is 87.6 Å². The van der Waals surface area contributed by atoms with Crippen LogP contribution in [0.3, 0.4) is 0 Å². The molecule has 2 aromatic rings. The first-order valence-electron chi connectivity index (χ1n) is 7.69. The number of carbonyl (C=O) groups is 1. The largest absolute Gasteiger partial charge is 0.493 e. The molecule has 1 aliphatic heterocycles. The normalized spacial score (nSPS) is 12.1. The lowest BCUT2D eigenvalue weighted by molar-refractivity contribution is 0.0954. The molecular weight excluding hydrogens is 340 g/mol. The van der Waals surface area contributed by atoms with Gasteiger partial charge in [0.1, 0.15) is 0 Å². The fourth-order valence-corrected chi connectivity index (χ4v) is 2.44. The summed E-state index contributed by atoms with van der Waals surface area (Å²) in [5.74, 6) is 2.10. The maximum Gasteiger partial charge on any atom is 0.271 e. The van der Waals surface area contributed by atoms with Crippen LogP contribution in [0, 0.1) is 0 Å². The molecule has 3 rings (SSSR count). The summed E-state index contributed by atoms with van der Waals surface area (Å²) >= 11 is 0. The number of rotatable bonds is 6. The minimum absolute atomic E-state index is 0.202. The fraction of sp³-hybridized carbons (Fsp3) is 0.222. The lowest BCUT2D eigenvalue weighted by Crippen LogP contribution is -2.18. The molecule has 0 unspecified atom stereocenters. The lowest BCUT2D eigenvalue weighted by atomic mass is 10.1. The molecule has 8 nitrogen and oxygen atoms in total. The Labute approximate surface area is 150 Å². The quantitative estimate of drug-likeness (QED) is 0.629. The smallest absolute Gasteiger partial charge is 0.271 e. The molecule has 1 aliphatic rings. The van der Waals surface area contributed by atoms with E-state index in [9.17, 15) is 4.79 Å². The Kier molecular flexibility index (Phi) is 5.12. The zero-order chi connectivity index (χ0) is 18.5. The Morgan fingerprint density at radius 3 is 2.38 bits per heavy atom. The molecule has 0 fully saturated rings. The molecule has 2 aromatic carbocycles. The van der Waals surface area contributed by atoms with Crippen molar-refractivity contribution in [2.24, 2.45) is 5.10 Å². The van der Waals surface area contributed by atoms with Gasteiger partial charge in [-0.05, 0) is 35.9 Å². The van der Waals surface area contributed by atoms with E-state index in [1.54, 1.807) is 24.3 Å². The summed E-state index contributed by atoms with van der Waals surface area (Å²) in [7, 11) is 4.46. The first kappa shape index (κ1) is 17.4. The third kappa shape index (κ3) is 3.49. The third-order valence-corrected chi connectivity index (χ3v) is 3.70. The van der Waals surface area contributed by atoms with Crippen LogP contribution in [-0.4, -0.2) is 40.2 Å². The molecule has 0 spiro atoms. The number of hydrogen-bond donors (Lipinski definition) is 1. The van der Waals surface area contributed by atoms with Crippen molar-refractivity contribution in [3.8, 4) is 28.7 Å². The highest BCUT2D eigenvalue weighted by molar-refractivity contribution is 5.96. The Bertz CT molecular complexity index is 825. The number of ether oxygens (including phenoxy) is 5. The van der Waals surface area contributed by atoms with Gasteiger partial charge in [-0.1, -0.05) is 0 Å². The van der Waals surface area contributed by atoms with Gasteiger partial charge in [0.15, 0.2) is 23.0 Å². The molecule has 0 saturated heterocycles. The van der Waals surface area contributed by atoms with E-state index < -0.39 is 5.91 Å². The molecule has 8 heteroatoms. The summed E-state index contributed by atoms with van der Waals surface area (Å²) in [6.45, 7) is 0.202. The van der Waals surface area contributed by atoms with E-state index in [-0.39, 0.29) is 6.79 Å². The fourth-order valence-electron chi connectivity index (χ4n) is 2.44. The maximum absolute atomic E-state index is 12.3. The molecule has 0 aliphatic carbocycles. The van der Waals surface area contributed by atoms with E-state index >= 15 is 0 Å². The van der Waals surface area contributed by atoms with Gasteiger partial charge in [-0.2, -0.15) is 5.10 Å². The molecule has 1 heterocycles. The Morgan fingerprint density at radius 2 is 1.73 bits per heavy atom. The van der Waals surface area contributed by atoms with Gasteiger partial charge in [0.2, 0.25) is 12.5 Å². The van der Waals surface area contributed by atoms with E-state index in [0.29, 0.717) is 34.3 Å². The van der Waals surface area contributed by atoms with Crippen LogP contribution in [-0.2, 0) is 0 Å². The number of nitrogens with zero attached hydrogens (tertiary/aromatic N) is 1. The highest BCUT2D eigenvalue weighted by Gasteiger charge is 2.17. The van der Waals surface area contributed by atoms with Crippen LogP contribution in [0.4, 0.5) is 0 Å². The number of benzene rings is 2. The first-order chi connectivity index (χ1) is 12.7. The van der Waals surface area contributed by atoms with Crippen molar-refractivity contribution in [3.63, 3.8) is 0 Å². The standard InChI is InChI=1S/C18H18N2O6/c1-22-15-7-12(8-16(23-2)17(15)24-3)18(21)20-19-9-11-4-5-13-14(6-11)26-10-25-13/h4-9H,10H2,1-3H3,(H,20,21)/b19-9-. The lowest BCUT2D eigenvalue weighted by Gasteiger charge is -2.13. The third-order valence-electron chi connectivity index (χ3n) is 3.70. The number of hydrazone groups is 1. The van der Waals surface area contributed by atoms with Crippen molar-refractivity contribution in [2.45, 2.75) is 0 Å². The predicted molar refractivity (Wildman–Crippen MR) is 93.7 cm³/mol. The van der Waals surface area contributed by atoms with Crippen LogP contribution in [0.15, 0.2) is 35.4 Å². The summed E-state index contributed by atoms with van der Waals surface area (Å²) in [6, 6.07) is 8.46. The van der Waals surface area contributed by atoms with Gasteiger partial charge in [0, 0.05) is 5.56 Å². The molecule has 26 heavy (non-hydrogen) atoms. The number of carbonyl (C=O) groups excluding carboxylic acids is 1. The summed E-state index contributed by atoms with van der Waals surface area (Å²) in [6.07, 6.45) is 1.51. The molecule has 0 atom stereocenters. The van der Waals surface area contributed by atoms with E-state index in [1.807, 2.05) is 6.07 Å². The molecular formula is C18H18N2O6. The van der Waals surface area contributed by atoms with Crippen molar-refractivity contribution < 1.29 is 28.5 Å². The van der Waals surface area contributed by atoms with Gasteiger partial charge < -0.3 is 23.7 Å². The highest BCUT2D eigenvalue weighted by Crippen LogP contribution is 2.38. The molecule has 0 aromatic heterocycles. The van der Waals surface area contributed by atoms with E-state index in [2.05, 4.69) is 10.5 Å². The second-order valence-electron chi connectivity index (χ2n) is 5.23. The number of fused-ring (bicyclic) bond motifs is 1. The highest BCUT2D eigenvalue weighted by atomic mass is 16.7. The summed E-state index contributed by atoms with van der Waals surface area (Å²) in [4.78, 5) is 12.3. The van der Waals surface area contributed by atoms with Crippen LogP contribution < -0.4 is 29.1 Å². The molecule has 0 radical (unpaired) electrons. The van der Waals surface area contributed by atoms with Crippen LogP contribution in [0.25, 0.3) is 0 Å². The minimum atomic E-state index is -0.416. The summed E-state index contributed by atoms with van der Waals surface area (Å²) < 4.78 is 26.3. The van der Waals surface area contributed by atoms with Crippen LogP contribution in [0.5, 0.6) is 28.7 Å². The second kappa shape index (κ2) is 7.64. The van der Waals surface area contributed by atoms with Gasteiger partial charge in [0.25, 0.3) is 5.91 Å². The molecule has 1 N–H and O–H groups in total. The van der Waals surface area contributed by atoms with Gasteiger partial charge in [-0.25, -0.2) is 5.43 Å². The average molecular weight is 358 g/mol. The Morgan fingerprint density at radius 1 is 1.04 bits per heavy atom. The van der Waals surface area contributed by atoms with Crippen molar-refractivity contribution in [3.05, 3.63) is 41.5 Å². The maximum atomic E-state index is 12.3. The molecule has 136 valence electrons. The van der Waals surface area contributed by atoms with Crippen LogP contribution >= 0.6 is 0 Å². The van der Waals surface area contributed by atoms with Crippen LogP contribution in [0.1, 0.15) is 15.9 Å². The first-order valence-corrected chi connectivity index (χ1v) is 7.69. The average Bonchev–Trinajstić information content (AvgIpc) is 3.14. The zero-order valence-electron chi connectivity index (χ0n) is 14.6. The van der Waals surface area contributed by atoms with Crippen molar-refractivity contribution in [1.82, 2.24) is 5.43 Å². The van der Waals surface area contributed by atoms with Gasteiger partial charge >= 0.3 is 0 Å². The second-order valence-corrected chi connectivity index (χ2v) is 5.23.